The van der Waals surface area contributed by atoms with Crippen LogP contribution in [0.15, 0.2) is 53.4 Å². The molecule has 2 aromatic carbocycles. The third-order valence-electron chi connectivity index (χ3n) is 2.98. The Bertz CT molecular complexity index is 1000. The predicted molar refractivity (Wildman–Crippen MR) is 93.5 cm³/mol. The second kappa shape index (κ2) is 7.11. The van der Waals surface area contributed by atoms with Crippen LogP contribution >= 0.6 is 0 Å². The van der Waals surface area contributed by atoms with Gasteiger partial charge in [-0.05, 0) is 36.4 Å². The molecule has 0 spiro atoms. The molecule has 2 N–H and O–H groups in total. The van der Waals surface area contributed by atoms with Gasteiger partial charge in [-0.3, -0.25) is 9.44 Å². The summed E-state index contributed by atoms with van der Waals surface area (Å²) < 4.78 is 56.6. The lowest BCUT2D eigenvalue weighted by molar-refractivity contribution is 0.0600. The summed E-state index contributed by atoms with van der Waals surface area (Å²) in [5, 5.41) is 0. The lowest BCUT2D eigenvalue weighted by atomic mass is 10.2. The van der Waals surface area contributed by atoms with E-state index >= 15 is 0 Å². The molecule has 8 nitrogen and oxygen atoms in total. The summed E-state index contributed by atoms with van der Waals surface area (Å²) in [6.45, 7) is 0. The van der Waals surface area contributed by atoms with Gasteiger partial charge in [-0.25, -0.2) is 21.6 Å². The lowest BCUT2D eigenvalue weighted by Crippen LogP contribution is -2.14. The van der Waals surface area contributed by atoms with Crippen LogP contribution in [0.1, 0.15) is 10.4 Å². The number of carbonyl (C=O) groups excluding carboxylic acids is 1. The summed E-state index contributed by atoms with van der Waals surface area (Å²) in [6, 6.07) is 11.1. The van der Waals surface area contributed by atoms with E-state index in [2.05, 4.69) is 14.2 Å². The van der Waals surface area contributed by atoms with Gasteiger partial charge in [0.15, 0.2) is 0 Å². The molecule has 0 aliphatic carbocycles. The van der Waals surface area contributed by atoms with Crippen LogP contribution < -0.4 is 9.44 Å². The molecular formula is C15H16N2O6S2. The van der Waals surface area contributed by atoms with Crippen LogP contribution in [0.2, 0.25) is 0 Å². The Hall–Kier alpha value is -2.59. The van der Waals surface area contributed by atoms with Gasteiger partial charge in [0.05, 0.1) is 35.2 Å². The van der Waals surface area contributed by atoms with Gasteiger partial charge in [0.1, 0.15) is 0 Å². The fourth-order valence-corrected chi connectivity index (χ4v) is 3.63. The van der Waals surface area contributed by atoms with Crippen LogP contribution in [0.25, 0.3) is 0 Å². The van der Waals surface area contributed by atoms with Crippen molar-refractivity contribution in [3.05, 3.63) is 54.1 Å². The molecular weight excluding hydrogens is 368 g/mol. The van der Waals surface area contributed by atoms with Gasteiger partial charge in [-0.1, -0.05) is 12.1 Å². The van der Waals surface area contributed by atoms with Crippen molar-refractivity contribution in [1.82, 2.24) is 0 Å². The predicted octanol–water partition coefficient (Wildman–Crippen LogP) is 1.65. The number of rotatable bonds is 6. The molecule has 0 radical (unpaired) electrons. The molecule has 0 amide bonds. The largest absolute Gasteiger partial charge is 0.465 e. The van der Waals surface area contributed by atoms with E-state index in [9.17, 15) is 21.6 Å². The average molecular weight is 384 g/mol. The van der Waals surface area contributed by atoms with Crippen molar-refractivity contribution in [2.24, 2.45) is 0 Å². The highest BCUT2D eigenvalue weighted by atomic mass is 32.2. The molecule has 0 saturated carbocycles. The molecule has 2 aromatic rings. The van der Waals surface area contributed by atoms with Gasteiger partial charge in [0, 0.05) is 0 Å². The molecule has 0 saturated heterocycles. The summed E-state index contributed by atoms with van der Waals surface area (Å²) in [5.41, 5.74) is 0.473. The van der Waals surface area contributed by atoms with Crippen LogP contribution in [0.4, 0.5) is 11.4 Å². The van der Waals surface area contributed by atoms with Crippen molar-refractivity contribution in [3.8, 4) is 0 Å². The Morgan fingerprint density at radius 2 is 1.52 bits per heavy atom. The lowest BCUT2D eigenvalue weighted by Gasteiger charge is -2.11. The van der Waals surface area contributed by atoms with Gasteiger partial charge >= 0.3 is 5.97 Å². The number of benzene rings is 2. The zero-order valence-electron chi connectivity index (χ0n) is 13.4. The summed E-state index contributed by atoms with van der Waals surface area (Å²) in [5.74, 6) is -0.656. The Balaban J connectivity index is 2.30. The number of ether oxygens (including phenoxy) is 1. The molecule has 0 bridgehead atoms. The van der Waals surface area contributed by atoms with Gasteiger partial charge in [-0.2, -0.15) is 0 Å². The van der Waals surface area contributed by atoms with E-state index in [-0.39, 0.29) is 21.8 Å². The van der Waals surface area contributed by atoms with Gasteiger partial charge < -0.3 is 4.74 Å². The zero-order valence-corrected chi connectivity index (χ0v) is 15.0. The van der Waals surface area contributed by atoms with Crippen molar-refractivity contribution in [3.63, 3.8) is 0 Å². The monoisotopic (exact) mass is 384 g/mol. The number of hydrogen-bond donors (Lipinski definition) is 2. The van der Waals surface area contributed by atoms with Crippen LogP contribution in [-0.4, -0.2) is 36.2 Å². The van der Waals surface area contributed by atoms with E-state index in [0.717, 1.165) is 6.26 Å². The molecule has 0 fully saturated rings. The first-order valence-electron chi connectivity index (χ1n) is 6.90. The third kappa shape index (κ3) is 5.19. The highest BCUT2D eigenvalue weighted by molar-refractivity contribution is 7.92. The molecule has 0 aliphatic heterocycles. The van der Waals surface area contributed by atoms with Crippen molar-refractivity contribution in [2.45, 2.75) is 4.90 Å². The molecule has 25 heavy (non-hydrogen) atoms. The molecule has 0 unspecified atom stereocenters. The summed E-state index contributed by atoms with van der Waals surface area (Å²) in [6.07, 6.45) is 0.988. The first-order chi connectivity index (χ1) is 11.6. The maximum absolute atomic E-state index is 12.5. The first kappa shape index (κ1) is 18.7. The van der Waals surface area contributed by atoms with Crippen molar-refractivity contribution in [2.75, 3.05) is 22.8 Å². The van der Waals surface area contributed by atoms with Crippen LogP contribution in [0, 0.1) is 0 Å². The Morgan fingerprint density at radius 1 is 0.920 bits per heavy atom. The normalized spacial score (nSPS) is 11.6. The van der Waals surface area contributed by atoms with E-state index < -0.39 is 26.0 Å². The van der Waals surface area contributed by atoms with Crippen molar-refractivity contribution >= 4 is 37.4 Å². The standard InChI is InChI=1S/C15H16N2O6S2/c1-23-15(18)11-5-3-8-14(9-11)25(21,22)17-13-7-4-6-12(10-13)16-24(2,19)20/h3-10,16-17H,1-2H3. The fourth-order valence-electron chi connectivity index (χ4n) is 1.98. The molecule has 0 aromatic heterocycles. The molecule has 0 heterocycles. The Kier molecular flexibility index (Phi) is 5.33. The number of esters is 1. The number of hydrogen-bond acceptors (Lipinski definition) is 6. The molecule has 0 aliphatic rings. The number of nitrogens with one attached hydrogen (secondary N) is 2. The summed E-state index contributed by atoms with van der Waals surface area (Å²) in [7, 11) is -6.26. The fraction of sp³-hybridized carbons (Fsp3) is 0.133. The van der Waals surface area contributed by atoms with Crippen molar-refractivity contribution in [1.29, 1.82) is 0 Å². The van der Waals surface area contributed by atoms with Crippen LogP contribution in [0.5, 0.6) is 0 Å². The highest BCUT2D eigenvalue weighted by Crippen LogP contribution is 2.21. The van der Waals surface area contributed by atoms with Gasteiger partial charge in [0.25, 0.3) is 10.0 Å². The van der Waals surface area contributed by atoms with E-state index in [1.54, 1.807) is 0 Å². The van der Waals surface area contributed by atoms with E-state index in [0.29, 0.717) is 0 Å². The van der Waals surface area contributed by atoms with Crippen molar-refractivity contribution < 1.29 is 26.4 Å². The Morgan fingerprint density at radius 3 is 2.12 bits per heavy atom. The average Bonchev–Trinajstić information content (AvgIpc) is 2.52. The molecule has 10 heteroatoms. The number of carbonyl (C=O) groups is 1. The molecule has 0 atom stereocenters. The quantitative estimate of drug-likeness (QED) is 0.731. The second-order valence-corrected chi connectivity index (χ2v) is 8.51. The van der Waals surface area contributed by atoms with E-state index in [1.807, 2.05) is 0 Å². The third-order valence-corrected chi connectivity index (χ3v) is 4.97. The maximum Gasteiger partial charge on any atom is 0.337 e. The second-order valence-electron chi connectivity index (χ2n) is 5.08. The molecule has 2 rings (SSSR count). The minimum Gasteiger partial charge on any atom is -0.465 e. The van der Waals surface area contributed by atoms with Crippen LogP contribution in [0.3, 0.4) is 0 Å². The topological polar surface area (TPSA) is 119 Å². The minimum absolute atomic E-state index is 0.0952. The number of anilines is 2. The van der Waals surface area contributed by atoms with Gasteiger partial charge in [0.2, 0.25) is 10.0 Å². The number of methoxy groups -OCH3 is 1. The first-order valence-corrected chi connectivity index (χ1v) is 10.3. The highest BCUT2D eigenvalue weighted by Gasteiger charge is 2.17. The zero-order chi connectivity index (χ0) is 18.7. The minimum atomic E-state index is -3.97. The summed E-state index contributed by atoms with van der Waals surface area (Å²) in [4.78, 5) is 11.4. The van der Waals surface area contributed by atoms with Crippen LogP contribution in [-0.2, 0) is 24.8 Å². The van der Waals surface area contributed by atoms with E-state index in [4.69, 9.17) is 0 Å². The SMILES string of the molecule is COC(=O)c1cccc(S(=O)(=O)Nc2cccc(NS(C)(=O)=O)c2)c1. The molecule has 134 valence electrons. The van der Waals surface area contributed by atoms with E-state index in [1.165, 1.54) is 55.6 Å². The smallest absolute Gasteiger partial charge is 0.337 e. The number of sulfonamides is 2. The maximum atomic E-state index is 12.5. The Labute approximate surface area is 145 Å². The van der Waals surface area contributed by atoms with Gasteiger partial charge in [-0.15, -0.1) is 0 Å². The summed E-state index contributed by atoms with van der Waals surface area (Å²) >= 11 is 0.